The number of carbonyl (C=O) groups excluding carboxylic acids is 4. The molecule has 1 atom stereocenters. The minimum Gasteiger partial charge on any atom is -0.466 e. The van der Waals surface area contributed by atoms with E-state index in [0.717, 1.165) is 5.56 Å². The molecule has 0 heterocycles. The SMILES string of the molecule is CCOC(=O)CCC(NC(=O)C=CC=Cc1ccc(C(=O)Oc2ccc(C(=N)N)cc2)cc1)C(=O)OCC. The van der Waals surface area contributed by atoms with Crippen LogP contribution in [0.25, 0.3) is 6.08 Å². The number of nitrogens with two attached hydrogens (primary N) is 1. The third-order valence-electron chi connectivity index (χ3n) is 5.00. The van der Waals surface area contributed by atoms with Crippen LogP contribution in [-0.4, -0.2) is 48.9 Å². The molecule has 10 heteroatoms. The largest absolute Gasteiger partial charge is 0.466 e. The molecule has 0 radical (unpaired) electrons. The highest BCUT2D eigenvalue weighted by atomic mass is 16.5. The second-order valence-electron chi connectivity index (χ2n) is 7.82. The lowest BCUT2D eigenvalue weighted by molar-refractivity contribution is -0.148. The van der Waals surface area contributed by atoms with Crippen LogP contribution in [0.5, 0.6) is 5.75 Å². The van der Waals surface area contributed by atoms with E-state index in [1.54, 1.807) is 74.5 Å². The van der Waals surface area contributed by atoms with Crippen molar-refractivity contribution in [2.45, 2.75) is 32.7 Å². The van der Waals surface area contributed by atoms with Crippen LogP contribution in [0.2, 0.25) is 0 Å². The fourth-order valence-electron chi connectivity index (χ4n) is 3.12. The highest BCUT2D eigenvalue weighted by molar-refractivity contribution is 5.95. The second kappa shape index (κ2) is 15.4. The van der Waals surface area contributed by atoms with Crippen LogP contribution >= 0.6 is 0 Å². The molecule has 0 fully saturated rings. The topological polar surface area (TPSA) is 158 Å². The molecule has 0 aliphatic rings. The number of benzene rings is 2. The summed E-state index contributed by atoms with van der Waals surface area (Å²) in [5, 5.41) is 9.93. The smallest absolute Gasteiger partial charge is 0.343 e. The summed E-state index contributed by atoms with van der Waals surface area (Å²) >= 11 is 0. The number of allylic oxidation sites excluding steroid dienone is 2. The van der Waals surface area contributed by atoms with E-state index in [1.807, 2.05) is 0 Å². The molecule has 1 unspecified atom stereocenters. The molecule has 0 aliphatic heterocycles. The van der Waals surface area contributed by atoms with E-state index < -0.39 is 29.9 Å². The molecular weight excluding hydrogens is 490 g/mol. The zero-order valence-electron chi connectivity index (χ0n) is 21.3. The summed E-state index contributed by atoms with van der Waals surface area (Å²) in [4.78, 5) is 48.3. The van der Waals surface area contributed by atoms with Gasteiger partial charge in [-0.3, -0.25) is 15.0 Å². The first-order valence-corrected chi connectivity index (χ1v) is 12.0. The summed E-state index contributed by atoms with van der Waals surface area (Å²) < 4.78 is 15.1. The van der Waals surface area contributed by atoms with E-state index in [9.17, 15) is 19.2 Å². The molecule has 4 N–H and O–H groups in total. The quantitative estimate of drug-likeness (QED) is 0.0906. The van der Waals surface area contributed by atoms with Gasteiger partial charge >= 0.3 is 17.9 Å². The first kappa shape index (κ1) is 29.5. The van der Waals surface area contributed by atoms with Crippen molar-refractivity contribution in [2.24, 2.45) is 5.73 Å². The Kier molecular flexibility index (Phi) is 12.0. The van der Waals surface area contributed by atoms with Gasteiger partial charge in [0.25, 0.3) is 0 Å². The molecule has 38 heavy (non-hydrogen) atoms. The van der Waals surface area contributed by atoms with Crippen molar-refractivity contribution < 1.29 is 33.4 Å². The van der Waals surface area contributed by atoms with Crippen molar-refractivity contribution >= 4 is 35.7 Å². The molecule has 2 rings (SSSR count). The predicted octanol–water partition coefficient (Wildman–Crippen LogP) is 3.15. The highest BCUT2D eigenvalue weighted by Crippen LogP contribution is 2.15. The Morgan fingerprint density at radius 1 is 0.921 bits per heavy atom. The first-order chi connectivity index (χ1) is 18.2. The number of esters is 3. The summed E-state index contributed by atoms with van der Waals surface area (Å²) in [6.45, 7) is 3.71. The molecule has 0 saturated heterocycles. The summed E-state index contributed by atoms with van der Waals surface area (Å²) in [6.07, 6.45) is 6.12. The first-order valence-electron chi connectivity index (χ1n) is 12.0. The van der Waals surface area contributed by atoms with E-state index in [4.69, 9.17) is 25.4 Å². The number of hydrogen-bond acceptors (Lipinski definition) is 8. The van der Waals surface area contributed by atoms with Crippen LogP contribution in [0.15, 0.2) is 66.8 Å². The lowest BCUT2D eigenvalue weighted by atomic mass is 10.1. The van der Waals surface area contributed by atoms with Crippen molar-refractivity contribution in [1.29, 1.82) is 5.41 Å². The van der Waals surface area contributed by atoms with Crippen molar-refractivity contribution in [1.82, 2.24) is 5.32 Å². The van der Waals surface area contributed by atoms with Crippen molar-refractivity contribution in [2.75, 3.05) is 13.2 Å². The fraction of sp³-hybridized carbons (Fsp3) is 0.250. The lowest BCUT2D eigenvalue weighted by Gasteiger charge is -2.15. The third kappa shape index (κ3) is 10.1. The van der Waals surface area contributed by atoms with Gasteiger partial charge in [0.1, 0.15) is 17.6 Å². The Morgan fingerprint density at radius 3 is 2.16 bits per heavy atom. The van der Waals surface area contributed by atoms with Gasteiger partial charge in [0.05, 0.1) is 18.8 Å². The van der Waals surface area contributed by atoms with Gasteiger partial charge in [-0.05, 0) is 62.2 Å². The number of ether oxygens (including phenoxy) is 3. The van der Waals surface area contributed by atoms with Gasteiger partial charge in [0.2, 0.25) is 5.91 Å². The number of amidine groups is 1. The van der Waals surface area contributed by atoms with Crippen LogP contribution in [0.1, 0.15) is 48.2 Å². The van der Waals surface area contributed by atoms with Gasteiger partial charge in [-0.2, -0.15) is 0 Å². The van der Waals surface area contributed by atoms with Gasteiger partial charge in [-0.15, -0.1) is 0 Å². The van der Waals surface area contributed by atoms with Crippen LogP contribution in [0, 0.1) is 5.41 Å². The molecular formula is C28H31N3O7. The molecule has 1 amide bonds. The molecule has 0 aliphatic carbocycles. The average Bonchev–Trinajstić information content (AvgIpc) is 2.90. The molecule has 0 saturated carbocycles. The monoisotopic (exact) mass is 521 g/mol. The normalized spacial score (nSPS) is 11.6. The maximum Gasteiger partial charge on any atom is 0.343 e. The van der Waals surface area contributed by atoms with Crippen molar-refractivity contribution in [3.63, 3.8) is 0 Å². The third-order valence-corrected chi connectivity index (χ3v) is 5.00. The number of nitrogen functional groups attached to an aromatic ring is 1. The molecule has 10 nitrogen and oxygen atoms in total. The number of amides is 1. The van der Waals surface area contributed by atoms with Gasteiger partial charge in [-0.1, -0.05) is 30.4 Å². The van der Waals surface area contributed by atoms with E-state index in [1.165, 1.54) is 12.2 Å². The summed E-state index contributed by atoms with van der Waals surface area (Å²) in [6, 6.07) is 12.0. The van der Waals surface area contributed by atoms with E-state index in [-0.39, 0.29) is 31.9 Å². The van der Waals surface area contributed by atoms with E-state index >= 15 is 0 Å². The Labute approximate surface area is 221 Å². The number of carbonyl (C=O) groups is 4. The molecule has 0 bridgehead atoms. The summed E-state index contributed by atoms with van der Waals surface area (Å²) in [5.41, 5.74) is 7.06. The van der Waals surface area contributed by atoms with E-state index in [2.05, 4.69) is 5.32 Å². The standard InChI is InChI=1S/C28H31N3O7/c1-3-36-25(33)18-17-23(28(35)37-4-2)31-24(32)8-6-5-7-19-9-11-21(12-10-19)27(34)38-22-15-13-20(14-16-22)26(29)30/h5-16,23H,3-4,17-18H2,1-2H3,(H3,29,30)(H,31,32). The molecule has 2 aromatic rings. The van der Waals surface area contributed by atoms with Crippen LogP contribution in [0.4, 0.5) is 0 Å². The molecule has 2 aromatic carbocycles. The predicted molar refractivity (Wildman–Crippen MR) is 141 cm³/mol. The van der Waals surface area contributed by atoms with Crippen LogP contribution in [-0.2, 0) is 23.9 Å². The number of hydrogen-bond donors (Lipinski definition) is 3. The Balaban J connectivity index is 1.90. The second-order valence-corrected chi connectivity index (χ2v) is 7.82. The molecule has 200 valence electrons. The van der Waals surface area contributed by atoms with Gasteiger partial charge in [-0.25, -0.2) is 9.59 Å². The van der Waals surface area contributed by atoms with Crippen molar-refractivity contribution in [3.8, 4) is 5.75 Å². The summed E-state index contributed by atoms with van der Waals surface area (Å²) in [7, 11) is 0. The van der Waals surface area contributed by atoms with E-state index in [0.29, 0.717) is 16.9 Å². The van der Waals surface area contributed by atoms with Gasteiger partial charge < -0.3 is 25.3 Å². The van der Waals surface area contributed by atoms with Crippen LogP contribution in [0.3, 0.4) is 0 Å². The van der Waals surface area contributed by atoms with Gasteiger partial charge in [0, 0.05) is 18.1 Å². The summed E-state index contributed by atoms with van der Waals surface area (Å²) in [5.74, 6) is -1.89. The Bertz CT molecular complexity index is 1190. The fourth-order valence-corrected chi connectivity index (χ4v) is 3.12. The molecule has 0 spiro atoms. The minimum absolute atomic E-state index is 0.0309. The van der Waals surface area contributed by atoms with Crippen molar-refractivity contribution in [3.05, 3.63) is 83.4 Å². The number of rotatable bonds is 13. The molecule has 0 aromatic heterocycles. The Morgan fingerprint density at radius 2 is 1.55 bits per heavy atom. The average molecular weight is 522 g/mol. The zero-order chi connectivity index (χ0) is 27.9. The Hall–Kier alpha value is -4.73. The van der Waals surface area contributed by atoms with Crippen LogP contribution < -0.4 is 15.8 Å². The highest BCUT2D eigenvalue weighted by Gasteiger charge is 2.22. The lowest BCUT2D eigenvalue weighted by Crippen LogP contribution is -2.41. The maximum absolute atomic E-state index is 12.4. The number of nitrogens with one attached hydrogen (secondary N) is 2. The minimum atomic E-state index is -0.972. The van der Waals surface area contributed by atoms with Gasteiger partial charge in [0.15, 0.2) is 0 Å². The zero-order valence-corrected chi connectivity index (χ0v) is 21.3. The maximum atomic E-state index is 12.4.